The fourth-order valence-corrected chi connectivity index (χ4v) is 4.68. The van der Waals surface area contributed by atoms with Gasteiger partial charge in [-0.25, -0.2) is 9.79 Å². The van der Waals surface area contributed by atoms with Gasteiger partial charge in [-0.05, 0) is 61.7 Å². The number of carbonyl (C=O) groups excluding carboxylic acids is 1. The van der Waals surface area contributed by atoms with Crippen molar-refractivity contribution >= 4 is 6.08 Å². The Kier molecular flexibility index (Phi) is 1.82. The first kappa shape index (κ1) is 8.67. The molecule has 0 saturated heterocycles. The van der Waals surface area contributed by atoms with E-state index in [1.165, 1.54) is 38.5 Å². The standard InChI is InChI=1S/C12H17NO/c14-8-13-7-12-4-9-1-10(5-12)3-11(2-9)6-12/h9-11H,1-7H2. The van der Waals surface area contributed by atoms with Crippen molar-refractivity contribution in [3.63, 3.8) is 0 Å². The third-order valence-corrected chi connectivity index (χ3v) is 4.64. The van der Waals surface area contributed by atoms with Crippen LogP contribution in [0.4, 0.5) is 0 Å². The van der Waals surface area contributed by atoms with E-state index in [4.69, 9.17) is 0 Å². The highest BCUT2D eigenvalue weighted by Gasteiger charge is 2.50. The van der Waals surface area contributed by atoms with Gasteiger partial charge >= 0.3 is 0 Å². The van der Waals surface area contributed by atoms with Crippen LogP contribution in [-0.4, -0.2) is 12.6 Å². The summed E-state index contributed by atoms with van der Waals surface area (Å²) in [6.45, 7) is 0.764. The first-order valence-corrected chi connectivity index (χ1v) is 5.83. The molecule has 0 radical (unpaired) electrons. The van der Waals surface area contributed by atoms with Crippen molar-refractivity contribution in [1.82, 2.24) is 0 Å². The summed E-state index contributed by atoms with van der Waals surface area (Å²) in [6, 6.07) is 0. The van der Waals surface area contributed by atoms with Gasteiger partial charge in [0.2, 0.25) is 6.08 Å². The summed E-state index contributed by atoms with van der Waals surface area (Å²) in [5, 5.41) is 0. The van der Waals surface area contributed by atoms with Crippen LogP contribution in [0.3, 0.4) is 0 Å². The van der Waals surface area contributed by atoms with Crippen LogP contribution >= 0.6 is 0 Å². The summed E-state index contributed by atoms with van der Waals surface area (Å²) in [4.78, 5) is 14.1. The molecule has 14 heavy (non-hydrogen) atoms. The van der Waals surface area contributed by atoms with Gasteiger partial charge in [0.1, 0.15) is 0 Å². The molecule has 0 heterocycles. The third kappa shape index (κ3) is 1.25. The van der Waals surface area contributed by atoms with E-state index < -0.39 is 0 Å². The van der Waals surface area contributed by atoms with Crippen molar-refractivity contribution in [3.8, 4) is 0 Å². The maximum atomic E-state index is 10.2. The first-order valence-electron chi connectivity index (χ1n) is 5.83. The number of hydrogen-bond donors (Lipinski definition) is 0. The maximum Gasteiger partial charge on any atom is 0.234 e. The number of isocyanates is 1. The molecule has 4 fully saturated rings. The molecule has 4 bridgehead atoms. The number of hydrogen-bond acceptors (Lipinski definition) is 2. The van der Waals surface area contributed by atoms with Crippen LogP contribution in [0.1, 0.15) is 38.5 Å². The Morgan fingerprint density at radius 2 is 1.57 bits per heavy atom. The lowest BCUT2D eigenvalue weighted by molar-refractivity contribution is -0.0464. The van der Waals surface area contributed by atoms with E-state index in [9.17, 15) is 4.79 Å². The number of rotatable bonds is 2. The average Bonchev–Trinajstić information content (AvgIpc) is 2.12. The molecule has 0 amide bonds. The fourth-order valence-electron chi connectivity index (χ4n) is 4.68. The van der Waals surface area contributed by atoms with Crippen molar-refractivity contribution < 1.29 is 4.79 Å². The summed E-state index contributed by atoms with van der Waals surface area (Å²) in [6.07, 6.45) is 10.1. The van der Waals surface area contributed by atoms with E-state index in [1.807, 2.05) is 0 Å². The lowest BCUT2D eigenvalue weighted by atomic mass is 9.49. The molecule has 4 aliphatic rings. The molecule has 0 aliphatic heterocycles. The summed E-state index contributed by atoms with van der Waals surface area (Å²) >= 11 is 0. The Hall–Kier alpha value is -0.620. The van der Waals surface area contributed by atoms with Gasteiger partial charge in [0.05, 0.1) is 6.54 Å². The minimum atomic E-state index is 0.423. The van der Waals surface area contributed by atoms with E-state index in [-0.39, 0.29) is 0 Å². The van der Waals surface area contributed by atoms with Gasteiger partial charge in [-0.3, -0.25) is 0 Å². The zero-order chi connectivity index (χ0) is 9.60. The number of nitrogens with zero attached hydrogens (tertiary/aromatic N) is 1. The molecule has 0 spiro atoms. The summed E-state index contributed by atoms with van der Waals surface area (Å²) < 4.78 is 0. The molecule has 4 aliphatic carbocycles. The normalized spacial score (nSPS) is 49.0. The van der Waals surface area contributed by atoms with Crippen LogP contribution in [0.2, 0.25) is 0 Å². The van der Waals surface area contributed by atoms with Gasteiger partial charge in [0.15, 0.2) is 0 Å². The Morgan fingerprint density at radius 3 is 2.00 bits per heavy atom. The van der Waals surface area contributed by atoms with Gasteiger partial charge in [0, 0.05) is 0 Å². The van der Waals surface area contributed by atoms with Crippen LogP contribution < -0.4 is 0 Å². The van der Waals surface area contributed by atoms with Gasteiger partial charge in [-0.1, -0.05) is 0 Å². The van der Waals surface area contributed by atoms with Crippen molar-refractivity contribution in [2.45, 2.75) is 38.5 Å². The second kappa shape index (κ2) is 2.93. The monoisotopic (exact) mass is 191 g/mol. The average molecular weight is 191 g/mol. The first-order chi connectivity index (χ1) is 6.80. The quantitative estimate of drug-likeness (QED) is 0.487. The lowest BCUT2D eigenvalue weighted by Crippen LogP contribution is -2.47. The Labute approximate surface area is 84.8 Å². The van der Waals surface area contributed by atoms with Crippen LogP contribution in [-0.2, 0) is 4.79 Å². The third-order valence-electron chi connectivity index (χ3n) is 4.64. The molecule has 0 atom stereocenters. The van der Waals surface area contributed by atoms with Gasteiger partial charge in [-0.2, -0.15) is 0 Å². The molecular formula is C12H17NO. The van der Waals surface area contributed by atoms with Crippen molar-refractivity contribution in [2.24, 2.45) is 28.2 Å². The summed E-state index contributed by atoms with van der Waals surface area (Å²) in [5.74, 6) is 2.88. The molecule has 2 heteroatoms. The SMILES string of the molecule is O=C=NCC12CC3CC(CC(C3)C1)C2. The van der Waals surface area contributed by atoms with Crippen LogP contribution in [0.15, 0.2) is 4.99 Å². The van der Waals surface area contributed by atoms with Crippen molar-refractivity contribution in [1.29, 1.82) is 0 Å². The van der Waals surface area contributed by atoms with Crippen molar-refractivity contribution in [3.05, 3.63) is 0 Å². The fraction of sp³-hybridized carbons (Fsp3) is 0.917. The molecule has 76 valence electrons. The smallest absolute Gasteiger partial charge is 0.211 e. The second-order valence-electron chi connectivity index (χ2n) is 5.83. The zero-order valence-electron chi connectivity index (χ0n) is 8.54. The van der Waals surface area contributed by atoms with Crippen molar-refractivity contribution in [2.75, 3.05) is 6.54 Å². The Bertz CT molecular complexity index is 255. The molecule has 0 N–H and O–H groups in total. The van der Waals surface area contributed by atoms with Crippen LogP contribution in [0.25, 0.3) is 0 Å². The Morgan fingerprint density at radius 1 is 1.07 bits per heavy atom. The van der Waals surface area contributed by atoms with Gasteiger partial charge in [-0.15, -0.1) is 0 Å². The minimum absolute atomic E-state index is 0.423. The highest BCUT2D eigenvalue weighted by Crippen LogP contribution is 2.59. The molecule has 0 unspecified atom stereocenters. The number of aliphatic imine (C=N–C) groups is 1. The van der Waals surface area contributed by atoms with E-state index >= 15 is 0 Å². The highest BCUT2D eigenvalue weighted by atomic mass is 16.1. The largest absolute Gasteiger partial charge is 0.234 e. The van der Waals surface area contributed by atoms with E-state index in [2.05, 4.69) is 4.99 Å². The van der Waals surface area contributed by atoms with E-state index in [0.29, 0.717) is 5.41 Å². The minimum Gasteiger partial charge on any atom is -0.211 e. The summed E-state index contributed by atoms with van der Waals surface area (Å²) in [7, 11) is 0. The predicted molar refractivity (Wildman–Crippen MR) is 53.6 cm³/mol. The molecule has 4 saturated carbocycles. The molecule has 0 aromatic rings. The summed E-state index contributed by atoms with van der Waals surface area (Å²) in [5.41, 5.74) is 0.423. The van der Waals surface area contributed by atoms with Gasteiger partial charge in [0.25, 0.3) is 0 Å². The maximum absolute atomic E-state index is 10.2. The lowest BCUT2D eigenvalue weighted by Gasteiger charge is -2.56. The zero-order valence-corrected chi connectivity index (χ0v) is 8.54. The molecule has 4 rings (SSSR count). The van der Waals surface area contributed by atoms with Crippen LogP contribution in [0, 0.1) is 23.2 Å². The molecule has 0 aromatic heterocycles. The highest BCUT2D eigenvalue weighted by molar-refractivity contribution is 5.33. The molecule has 2 nitrogen and oxygen atoms in total. The van der Waals surface area contributed by atoms with E-state index in [1.54, 1.807) is 6.08 Å². The second-order valence-corrected chi connectivity index (χ2v) is 5.83. The molecule has 0 aromatic carbocycles. The predicted octanol–water partition coefficient (Wildman–Crippen LogP) is 2.54. The van der Waals surface area contributed by atoms with Gasteiger partial charge < -0.3 is 0 Å². The topological polar surface area (TPSA) is 29.4 Å². The molecular weight excluding hydrogens is 174 g/mol. The Balaban J connectivity index is 1.83. The van der Waals surface area contributed by atoms with Crippen LogP contribution in [0.5, 0.6) is 0 Å². The van der Waals surface area contributed by atoms with E-state index in [0.717, 1.165) is 24.3 Å².